The summed E-state index contributed by atoms with van der Waals surface area (Å²) in [5.74, 6) is -2.03. The summed E-state index contributed by atoms with van der Waals surface area (Å²) in [7, 11) is 1.14. The number of hydrogen-bond acceptors (Lipinski definition) is 3. The van der Waals surface area contributed by atoms with Crippen LogP contribution in [0.2, 0.25) is 0 Å². The molecule has 0 spiro atoms. The van der Waals surface area contributed by atoms with Crippen molar-refractivity contribution in [2.75, 3.05) is 7.11 Å². The molecule has 19 heavy (non-hydrogen) atoms. The minimum Gasteiger partial charge on any atom is -0.469 e. The Balaban J connectivity index is 0.00000324. The number of carbonyl (C=O) groups excluding carboxylic acids is 1. The maximum absolute atomic E-state index is 13.0. The number of nitrogens with two attached hydrogens (primary N) is 1. The van der Waals surface area contributed by atoms with Crippen molar-refractivity contribution in [3.05, 3.63) is 35.1 Å². The van der Waals surface area contributed by atoms with Crippen molar-refractivity contribution in [2.24, 2.45) is 5.73 Å². The monoisotopic (exact) mass is 301 g/mol. The zero-order valence-corrected chi connectivity index (χ0v) is 10.6. The number of halogens is 5. The maximum atomic E-state index is 13.0. The first-order chi connectivity index (χ1) is 8.25. The van der Waals surface area contributed by atoms with E-state index < -0.39 is 29.6 Å². The molecule has 108 valence electrons. The number of hydrogen-bond donors (Lipinski definition) is 1. The van der Waals surface area contributed by atoms with Gasteiger partial charge in [0.25, 0.3) is 0 Å². The second-order valence-electron chi connectivity index (χ2n) is 3.62. The smallest absolute Gasteiger partial charge is 0.419 e. The summed E-state index contributed by atoms with van der Waals surface area (Å²) >= 11 is 0. The van der Waals surface area contributed by atoms with Crippen LogP contribution in [0.15, 0.2) is 18.2 Å². The zero-order valence-electron chi connectivity index (χ0n) is 9.83. The van der Waals surface area contributed by atoms with Gasteiger partial charge in [0, 0.05) is 6.04 Å². The molecule has 2 N–H and O–H groups in total. The SMILES string of the molecule is COC(=O)C[C@H](N)c1ccc(F)c(C(F)(F)F)c1.Cl. The molecule has 0 radical (unpaired) electrons. The topological polar surface area (TPSA) is 52.3 Å². The predicted octanol–water partition coefficient (Wildman–Crippen LogP) is 2.83. The second-order valence-corrected chi connectivity index (χ2v) is 3.62. The van der Waals surface area contributed by atoms with Crippen LogP contribution < -0.4 is 5.73 Å². The molecule has 0 fully saturated rings. The normalized spacial score (nSPS) is 12.5. The van der Waals surface area contributed by atoms with E-state index in [1.54, 1.807) is 0 Å². The Bertz CT molecular complexity index is 451. The zero-order chi connectivity index (χ0) is 13.9. The van der Waals surface area contributed by atoms with E-state index >= 15 is 0 Å². The Morgan fingerprint density at radius 1 is 1.42 bits per heavy atom. The quantitative estimate of drug-likeness (QED) is 0.690. The summed E-state index contributed by atoms with van der Waals surface area (Å²) in [6.07, 6.45) is -5.08. The van der Waals surface area contributed by atoms with E-state index in [2.05, 4.69) is 4.74 Å². The fourth-order valence-electron chi connectivity index (χ4n) is 1.37. The Labute approximate surface area is 113 Å². The summed E-state index contributed by atoms with van der Waals surface area (Å²) in [4.78, 5) is 10.9. The minimum absolute atomic E-state index is 0. The van der Waals surface area contributed by atoms with Crippen molar-refractivity contribution in [2.45, 2.75) is 18.6 Å². The third kappa shape index (κ3) is 4.68. The molecule has 0 aliphatic heterocycles. The van der Waals surface area contributed by atoms with E-state index in [9.17, 15) is 22.4 Å². The van der Waals surface area contributed by atoms with Gasteiger partial charge in [-0.25, -0.2) is 4.39 Å². The van der Waals surface area contributed by atoms with Gasteiger partial charge < -0.3 is 10.5 Å². The van der Waals surface area contributed by atoms with Gasteiger partial charge >= 0.3 is 12.1 Å². The minimum atomic E-state index is -4.80. The fourth-order valence-corrected chi connectivity index (χ4v) is 1.37. The molecule has 0 amide bonds. The van der Waals surface area contributed by atoms with Crippen molar-refractivity contribution >= 4 is 18.4 Å². The van der Waals surface area contributed by atoms with Crippen LogP contribution in [0, 0.1) is 5.82 Å². The van der Waals surface area contributed by atoms with Crippen LogP contribution in [0.5, 0.6) is 0 Å². The van der Waals surface area contributed by atoms with Gasteiger partial charge in [0.05, 0.1) is 19.1 Å². The highest BCUT2D eigenvalue weighted by Gasteiger charge is 2.34. The number of benzene rings is 1. The molecule has 0 saturated heterocycles. The molecule has 0 aromatic heterocycles. The summed E-state index contributed by atoms with van der Waals surface area (Å²) < 4.78 is 54.7. The lowest BCUT2D eigenvalue weighted by molar-refractivity contribution is -0.141. The van der Waals surface area contributed by atoms with Gasteiger partial charge in [0.15, 0.2) is 0 Å². The predicted molar refractivity (Wildman–Crippen MR) is 62.2 cm³/mol. The molecule has 1 rings (SSSR count). The lowest BCUT2D eigenvalue weighted by Gasteiger charge is -2.14. The van der Waals surface area contributed by atoms with Crippen molar-refractivity contribution in [3.63, 3.8) is 0 Å². The molecule has 0 aliphatic rings. The number of rotatable bonds is 3. The standard InChI is InChI=1S/C11H11F4NO2.ClH/c1-18-10(17)5-9(16)6-2-3-8(12)7(4-6)11(13,14)15;/h2-4,9H,5,16H2,1H3;1H/t9-;/m0./s1. The third-order valence-electron chi connectivity index (χ3n) is 2.34. The molecule has 8 heteroatoms. The molecule has 1 aromatic rings. The van der Waals surface area contributed by atoms with E-state index in [1.807, 2.05) is 0 Å². The maximum Gasteiger partial charge on any atom is 0.419 e. The van der Waals surface area contributed by atoms with Crippen LogP contribution in [0.4, 0.5) is 17.6 Å². The van der Waals surface area contributed by atoms with E-state index in [-0.39, 0.29) is 24.4 Å². The van der Waals surface area contributed by atoms with Gasteiger partial charge in [-0.1, -0.05) is 6.07 Å². The average molecular weight is 302 g/mol. The number of esters is 1. The lowest BCUT2D eigenvalue weighted by Crippen LogP contribution is -2.18. The van der Waals surface area contributed by atoms with E-state index in [0.717, 1.165) is 13.2 Å². The fraction of sp³-hybridized carbons (Fsp3) is 0.364. The molecule has 1 aromatic carbocycles. The summed E-state index contributed by atoms with van der Waals surface area (Å²) in [6, 6.07) is 1.41. The molecule has 1 atom stereocenters. The van der Waals surface area contributed by atoms with Crippen molar-refractivity contribution in [1.29, 1.82) is 0 Å². The first-order valence-electron chi connectivity index (χ1n) is 4.94. The van der Waals surface area contributed by atoms with Gasteiger partial charge in [-0.3, -0.25) is 4.79 Å². The van der Waals surface area contributed by atoms with Crippen LogP contribution >= 0.6 is 12.4 Å². The van der Waals surface area contributed by atoms with Crippen molar-refractivity contribution in [3.8, 4) is 0 Å². The summed E-state index contributed by atoms with van der Waals surface area (Å²) in [6.45, 7) is 0. The van der Waals surface area contributed by atoms with Crippen molar-refractivity contribution in [1.82, 2.24) is 0 Å². The van der Waals surface area contributed by atoms with Gasteiger partial charge in [-0.05, 0) is 17.7 Å². The molecule has 0 bridgehead atoms. The Hall–Kier alpha value is -1.34. The Kier molecular flexibility index (Phi) is 6.24. The van der Waals surface area contributed by atoms with Crippen LogP contribution in [0.25, 0.3) is 0 Å². The Morgan fingerprint density at radius 3 is 2.47 bits per heavy atom. The van der Waals surface area contributed by atoms with E-state index in [4.69, 9.17) is 5.73 Å². The third-order valence-corrected chi connectivity index (χ3v) is 2.34. The highest BCUT2D eigenvalue weighted by Crippen LogP contribution is 2.33. The molecule has 0 unspecified atom stereocenters. The molecular weight excluding hydrogens is 290 g/mol. The molecule has 3 nitrogen and oxygen atoms in total. The largest absolute Gasteiger partial charge is 0.469 e. The molecular formula is C11H12ClF4NO2. The molecule has 0 saturated carbocycles. The number of alkyl halides is 3. The van der Waals surface area contributed by atoms with E-state index in [0.29, 0.717) is 12.1 Å². The summed E-state index contributed by atoms with van der Waals surface area (Å²) in [5.41, 5.74) is 4.16. The van der Waals surface area contributed by atoms with Crippen molar-refractivity contribution < 1.29 is 27.1 Å². The molecule has 0 aliphatic carbocycles. The second kappa shape index (κ2) is 6.72. The van der Waals surface area contributed by atoms with Crippen LogP contribution in [0.1, 0.15) is 23.6 Å². The molecule has 0 heterocycles. The Morgan fingerprint density at radius 2 is 2.00 bits per heavy atom. The first-order valence-corrected chi connectivity index (χ1v) is 4.94. The number of methoxy groups -OCH3 is 1. The highest BCUT2D eigenvalue weighted by atomic mass is 35.5. The van der Waals surface area contributed by atoms with Gasteiger partial charge in [-0.15, -0.1) is 12.4 Å². The first kappa shape index (κ1) is 17.7. The summed E-state index contributed by atoms with van der Waals surface area (Å²) in [5, 5.41) is 0. The number of ether oxygens (including phenoxy) is 1. The van der Waals surface area contributed by atoms with Crippen LogP contribution in [0.3, 0.4) is 0 Å². The lowest BCUT2D eigenvalue weighted by atomic mass is 10.0. The highest BCUT2D eigenvalue weighted by molar-refractivity contribution is 5.85. The van der Waals surface area contributed by atoms with Gasteiger partial charge in [0.2, 0.25) is 0 Å². The van der Waals surface area contributed by atoms with Crippen LogP contribution in [-0.2, 0) is 15.7 Å². The number of carbonyl (C=O) groups is 1. The van der Waals surface area contributed by atoms with Crippen LogP contribution in [-0.4, -0.2) is 13.1 Å². The average Bonchev–Trinajstić information content (AvgIpc) is 2.27. The van der Waals surface area contributed by atoms with Gasteiger partial charge in [0.1, 0.15) is 5.82 Å². The van der Waals surface area contributed by atoms with E-state index in [1.165, 1.54) is 0 Å². The van der Waals surface area contributed by atoms with Gasteiger partial charge in [-0.2, -0.15) is 13.2 Å².